The van der Waals surface area contributed by atoms with E-state index in [-0.39, 0.29) is 16.5 Å². The molecule has 0 bridgehead atoms. The molecule has 6 nitrogen and oxygen atoms in total. The second-order valence-electron chi connectivity index (χ2n) is 6.01. The summed E-state index contributed by atoms with van der Waals surface area (Å²) < 4.78 is 46.0. The summed E-state index contributed by atoms with van der Waals surface area (Å²) >= 11 is 0. The molecule has 0 saturated carbocycles. The van der Waals surface area contributed by atoms with Gasteiger partial charge < -0.3 is 10.1 Å². The normalized spacial score (nSPS) is 16.4. The van der Waals surface area contributed by atoms with E-state index < -0.39 is 21.9 Å². The van der Waals surface area contributed by atoms with E-state index in [9.17, 15) is 17.6 Å². The van der Waals surface area contributed by atoms with Gasteiger partial charge in [0.25, 0.3) is 15.9 Å². The van der Waals surface area contributed by atoms with Crippen molar-refractivity contribution < 1.29 is 22.3 Å². The van der Waals surface area contributed by atoms with E-state index >= 15 is 0 Å². The van der Waals surface area contributed by atoms with Gasteiger partial charge in [-0.25, -0.2) is 12.8 Å². The lowest BCUT2D eigenvalue weighted by Gasteiger charge is -2.26. The van der Waals surface area contributed by atoms with Crippen LogP contribution in [-0.4, -0.2) is 20.4 Å². The van der Waals surface area contributed by atoms with Gasteiger partial charge in [-0.1, -0.05) is 13.3 Å². The topological polar surface area (TPSA) is 84.5 Å². The molecule has 0 fully saturated rings. The fourth-order valence-electron chi connectivity index (χ4n) is 2.61. The van der Waals surface area contributed by atoms with Crippen molar-refractivity contribution in [2.45, 2.75) is 37.2 Å². The van der Waals surface area contributed by atoms with Crippen LogP contribution in [0, 0.1) is 5.82 Å². The summed E-state index contributed by atoms with van der Waals surface area (Å²) in [5.41, 5.74) is 0.550. The number of amides is 1. The van der Waals surface area contributed by atoms with Gasteiger partial charge in [0.15, 0.2) is 6.10 Å². The molecule has 2 aromatic rings. The van der Waals surface area contributed by atoms with Crippen LogP contribution in [0.1, 0.15) is 26.2 Å². The molecule has 8 heteroatoms. The standard InChI is InChI=1S/C18H19FN2O4S/c1-2-3-4-17-18(22)20-15-11-14(9-10-16(15)25-17)26(23,24)21-13-7-5-12(19)6-8-13/h5-11,17,21H,2-4H2,1H3,(H,20,22)/t17-/m1/s1. The summed E-state index contributed by atoms with van der Waals surface area (Å²) in [6, 6.07) is 9.24. The first-order valence-electron chi connectivity index (χ1n) is 8.29. The van der Waals surface area contributed by atoms with Gasteiger partial charge in [-0.15, -0.1) is 0 Å². The molecule has 0 unspecified atom stereocenters. The lowest BCUT2D eigenvalue weighted by molar-refractivity contribution is -0.123. The molecule has 0 aromatic heterocycles. The van der Waals surface area contributed by atoms with Gasteiger partial charge in [0, 0.05) is 5.69 Å². The molecule has 1 amide bonds. The SMILES string of the molecule is CCCC[C@H]1Oc2ccc(S(=O)(=O)Nc3ccc(F)cc3)cc2NC1=O. The molecule has 2 N–H and O–H groups in total. The average Bonchev–Trinajstić information content (AvgIpc) is 2.61. The summed E-state index contributed by atoms with van der Waals surface area (Å²) in [6.45, 7) is 2.03. The quantitative estimate of drug-likeness (QED) is 0.806. The van der Waals surface area contributed by atoms with Crippen LogP contribution in [0.5, 0.6) is 5.75 Å². The number of ether oxygens (including phenoxy) is 1. The molecule has 0 aliphatic carbocycles. The van der Waals surface area contributed by atoms with Crippen LogP contribution in [-0.2, 0) is 14.8 Å². The largest absolute Gasteiger partial charge is 0.478 e. The Balaban J connectivity index is 1.81. The summed E-state index contributed by atoms with van der Waals surface area (Å²) in [6.07, 6.45) is 1.85. The first-order valence-corrected chi connectivity index (χ1v) is 9.77. The van der Waals surface area contributed by atoms with Crippen molar-refractivity contribution in [3.05, 3.63) is 48.3 Å². The van der Waals surface area contributed by atoms with Gasteiger partial charge in [-0.2, -0.15) is 0 Å². The van der Waals surface area contributed by atoms with Gasteiger partial charge in [0.05, 0.1) is 10.6 Å². The van der Waals surface area contributed by atoms with Crippen molar-refractivity contribution in [2.75, 3.05) is 10.0 Å². The maximum Gasteiger partial charge on any atom is 0.265 e. The van der Waals surface area contributed by atoms with Gasteiger partial charge in [0.1, 0.15) is 11.6 Å². The van der Waals surface area contributed by atoms with Crippen molar-refractivity contribution in [2.24, 2.45) is 0 Å². The van der Waals surface area contributed by atoms with Crippen LogP contribution < -0.4 is 14.8 Å². The predicted octanol–water partition coefficient (Wildman–Crippen LogP) is 3.52. The van der Waals surface area contributed by atoms with E-state index in [1.807, 2.05) is 6.92 Å². The molecule has 1 atom stereocenters. The zero-order valence-corrected chi connectivity index (χ0v) is 15.0. The highest BCUT2D eigenvalue weighted by molar-refractivity contribution is 7.92. The van der Waals surface area contributed by atoms with Crippen molar-refractivity contribution >= 4 is 27.3 Å². The Morgan fingerprint density at radius 3 is 2.62 bits per heavy atom. The number of halogens is 1. The second kappa shape index (κ2) is 7.33. The van der Waals surface area contributed by atoms with Crippen molar-refractivity contribution in [3.63, 3.8) is 0 Å². The first kappa shape index (κ1) is 18.2. The molecule has 138 valence electrons. The zero-order chi connectivity index (χ0) is 18.7. The first-order chi connectivity index (χ1) is 12.4. The zero-order valence-electron chi connectivity index (χ0n) is 14.2. The lowest BCUT2D eigenvalue weighted by Crippen LogP contribution is -2.37. The van der Waals surface area contributed by atoms with Crippen LogP contribution in [0.2, 0.25) is 0 Å². The summed E-state index contributed by atoms with van der Waals surface area (Å²) in [7, 11) is -3.88. The molecule has 1 heterocycles. The predicted molar refractivity (Wildman–Crippen MR) is 96.2 cm³/mol. The Bertz CT molecular complexity index is 913. The van der Waals surface area contributed by atoms with Gasteiger partial charge in [-0.3, -0.25) is 9.52 Å². The molecule has 1 aliphatic heterocycles. The third kappa shape index (κ3) is 3.96. The molecule has 0 spiro atoms. The van der Waals surface area contributed by atoms with Crippen LogP contribution in [0.3, 0.4) is 0 Å². The third-order valence-corrected chi connectivity index (χ3v) is 5.38. The van der Waals surface area contributed by atoms with E-state index in [1.165, 1.54) is 30.3 Å². The van der Waals surface area contributed by atoms with Crippen LogP contribution in [0.25, 0.3) is 0 Å². The van der Waals surface area contributed by atoms with Gasteiger partial charge in [-0.05, 0) is 55.3 Å². The minimum atomic E-state index is -3.88. The average molecular weight is 378 g/mol. The van der Waals surface area contributed by atoms with E-state index in [1.54, 1.807) is 0 Å². The highest BCUT2D eigenvalue weighted by Gasteiger charge is 2.28. The number of anilines is 2. The number of hydrogen-bond donors (Lipinski definition) is 2. The van der Waals surface area contributed by atoms with Gasteiger partial charge in [0.2, 0.25) is 0 Å². The molecule has 26 heavy (non-hydrogen) atoms. The van der Waals surface area contributed by atoms with Gasteiger partial charge >= 0.3 is 0 Å². The highest BCUT2D eigenvalue weighted by atomic mass is 32.2. The maximum atomic E-state index is 12.9. The number of unbranched alkanes of at least 4 members (excludes halogenated alkanes) is 1. The number of benzene rings is 2. The third-order valence-electron chi connectivity index (χ3n) is 4.00. The highest BCUT2D eigenvalue weighted by Crippen LogP contribution is 2.33. The monoisotopic (exact) mass is 378 g/mol. The number of sulfonamides is 1. The van der Waals surface area contributed by atoms with Crippen LogP contribution >= 0.6 is 0 Å². The minimum absolute atomic E-state index is 0.0310. The Morgan fingerprint density at radius 1 is 1.19 bits per heavy atom. The number of carbonyl (C=O) groups excluding carboxylic acids is 1. The number of hydrogen-bond acceptors (Lipinski definition) is 4. The molecule has 2 aromatic carbocycles. The molecule has 3 rings (SSSR count). The van der Waals surface area contributed by atoms with E-state index in [4.69, 9.17) is 4.74 Å². The number of fused-ring (bicyclic) bond motifs is 1. The smallest absolute Gasteiger partial charge is 0.265 e. The summed E-state index contributed by atoms with van der Waals surface area (Å²) in [5.74, 6) is -0.308. The van der Waals surface area contributed by atoms with E-state index in [0.717, 1.165) is 25.0 Å². The maximum absolute atomic E-state index is 12.9. The minimum Gasteiger partial charge on any atom is -0.478 e. The fraction of sp³-hybridized carbons (Fsp3) is 0.278. The molecular weight excluding hydrogens is 359 g/mol. The Hall–Kier alpha value is -2.61. The molecule has 0 saturated heterocycles. The summed E-state index contributed by atoms with van der Waals surface area (Å²) in [5, 5.41) is 2.70. The number of carbonyl (C=O) groups is 1. The lowest BCUT2D eigenvalue weighted by atomic mass is 10.1. The fourth-order valence-corrected chi connectivity index (χ4v) is 3.69. The number of rotatable bonds is 6. The van der Waals surface area contributed by atoms with Crippen molar-refractivity contribution in [3.8, 4) is 5.75 Å². The Morgan fingerprint density at radius 2 is 1.92 bits per heavy atom. The molecule has 0 radical (unpaired) electrons. The second-order valence-corrected chi connectivity index (χ2v) is 7.69. The Labute approximate surface area is 151 Å². The summed E-state index contributed by atoms with van der Waals surface area (Å²) in [4.78, 5) is 12.1. The van der Waals surface area contributed by atoms with Crippen LogP contribution in [0.15, 0.2) is 47.4 Å². The molecule has 1 aliphatic rings. The van der Waals surface area contributed by atoms with Crippen molar-refractivity contribution in [1.29, 1.82) is 0 Å². The van der Waals surface area contributed by atoms with Crippen molar-refractivity contribution in [1.82, 2.24) is 0 Å². The van der Waals surface area contributed by atoms with Crippen LogP contribution in [0.4, 0.5) is 15.8 Å². The Kier molecular flexibility index (Phi) is 5.13. The van der Waals surface area contributed by atoms with E-state index in [2.05, 4.69) is 10.0 Å². The number of nitrogens with one attached hydrogen (secondary N) is 2. The molecular formula is C18H19FN2O4S. The van der Waals surface area contributed by atoms with E-state index in [0.29, 0.717) is 17.9 Å².